The number of fused-ring (bicyclic) bond motifs is 1. The van der Waals surface area contributed by atoms with Crippen molar-refractivity contribution < 1.29 is 13.9 Å². The highest BCUT2D eigenvalue weighted by atomic mass is 19.3. The van der Waals surface area contributed by atoms with Gasteiger partial charge in [-0.2, -0.15) is 4.52 Å². The van der Waals surface area contributed by atoms with Crippen molar-refractivity contribution in [1.82, 2.24) is 25.0 Å². The van der Waals surface area contributed by atoms with Gasteiger partial charge in [-0.3, -0.25) is 4.98 Å². The molecule has 0 aliphatic rings. The standard InChI is InChI=1S/C7H8F2N6O/c8-7(9)4(16)1-11-5-2-10-3-6-12-13-14-15(5)6/h2-4,7,11,16H,1H2. The molecule has 0 fully saturated rings. The summed E-state index contributed by atoms with van der Waals surface area (Å²) in [6.45, 7) is -0.307. The summed E-state index contributed by atoms with van der Waals surface area (Å²) in [4.78, 5) is 3.81. The average Bonchev–Trinajstić information content (AvgIpc) is 2.73. The second-order valence-electron chi connectivity index (χ2n) is 3.02. The number of alkyl halides is 2. The summed E-state index contributed by atoms with van der Waals surface area (Å²) >= 11 is 0. The van der Waals surface area contributed by atoms with Crippen LogP contribution in [0.25, 0.3) is 5.65 Å². The Labute approximate surface area is 88.1 Å². The van der Waals surface area contributed by atoms with E-state index in [0.29, 0.717) is 11.5 Å². The second kappa shape index (κ2) is 4.31. The fourth-order valence-electron chi connectivity index (χ4n) is 1.09. The van der Waals surface area contributed by atoms with Crippen molar-refractivity contribution in [2.75, 3.05) is 11.9 Å². The molecular weight excluding hydrogens is 222 g/mol. The number of rotatable bonds is 4. The van der Waals surface area contributed by atoms with E-state index in [2.05, 4.69) is 25.8 Å². The zero-order chi connectivity index (χ0) is 11.5. The van der Waals surface area contributed by atoms with E-state index in [0.717, 1.165) is 0 Å². The number of hydrogen-bond acceptors (Lipinski definition) is 6. The lowest BCUT2D eigenvalue weighted by atomic mass is 10.4. The maximum absolute atomic E-state index is 12.0. The van der Waals surface area contributed by atoms with Crippen molar-refractivity contribution in [1.29, 1.82) is 0 Å². The quantitative estimate of drug-likeness (QED) is 0.740. The topological polar surface area (TPSA) is 88.2 Å². The van der Waals surface area contributed by atoms with Crippen molar-refractivity contribution in [3.8, 4) is 0 Å². The van der Waals surface area contributed by atoms with Crippen molar-refractivity contribution in [3.05, 3.63) is 12.4 Å². The molecule has 7 nitrogen and oxygen atoms in total. The van der Waals surface area contributed by atoms with Crippen LogP contribution in [0.2, 0.25) is 0 Å². The van der Waals surface area contributed by atoms with Crippen LogP contribution in [0, 0.1) is 0 Å². The van der Waals surface area contributed by atoms with Crippen LogP contribution < -0.4 is 5.32 Å². The largest absolute Gasteiger partial charge is 0.385 e. The fraction of sp³-hybridized carbons (Fsp3) is 0.429. The Morgan fingerprint density at radius 3 is 3.00 bits per heavy atom. The first-order valence-corrected chi connectivity index (χ1v) is 4.40. The van der Waals surface area contributed by atoms with Gasteiger partial charge in [-0.1, -0.05) is 0 Å². The van der Waals surface area contributed by atoms with Crippen LogP contribution >= 0.6 is 0 Å². The Bertz CT molecular complexity index is 475. The molecule has 86 valence electrons. The number of aromatic nitrogens is 5. The zero-order valence-corrected chi connectivity index (χ0v) is 7.96. The highest BCUT2D eigenvalue weighted by Gasteiger charge is 2.16. The van der Waals surface area contributed by atoms with Gasteiger partial charge in [0, 0.05) is 6.54 Å². The Morgan fingerprint density at radius 2 is 2.25 bits per heavy atom. The molecular formula is C7H8F2N6O. The molecule has 0 saturated heterocycles. The number of aliphatic hydroxyl groups is 1. The molecule has 0 bridgehead atoms. The molecule has 0 saturated carbocycles. The molecule has 0 amide bonds. The first-order chi connectivity index (χ1) is 7.68. The fourth-order valence-corrected chi connectivity index (χ4v) is 1.09. The van der Waals surface area contributed by atoms with Crippen LogP contribution in [-0.2, 0) is 0 Å². The molecule has 2 rings (SSSR count). The lowest BCUT2D eigenvalue weighted by molar-refractivity contribution is 0.00378. The van der Waals surface area contributed by atoms with Crippen LogP contribution in [-0.4, -0.2) is 49.2 Å². The first-order valence-electron chi connectivity index (χ1n) is 4.40. The third kappa shape index (κ3) is 2.03. The molecule has 16 heavy (non-hydrogen) atoms. The van der Waals surface area contributed by atoms with Gasteiger partial charge in [-0.15, -0.1) is 5.10 Å². The first kappa shape index (κ1) is 10.6. The summed E-state index contributed by atoms with van der Waals surface area (Å²) < 4.78 is 25.4. The molecule has 0 aliphatic heterocycles. The number of halogens is 2. The monoisotopic (exact) mass is 230 g/mol. The molecule has 1 atom stereocenters. The summed E-state index contributed by atoms with van der Waals surface area (Å²) in [5.41, 5.74) is 0.386. The number of nitrogens with one attached hydrogen (secondary N) is 1. The van der Waals surface area contributed by atoms with Crippen LogP contribution in [0.1, 0.15) is 0 Å². The molecule has 0 aromatic carbocycles. The number of nitrogens with zero attached hydrogens (tertiary/aromatic N) is 5. The smallest absolute Gasteiger partial charge is 0.265 e. The number of anilines is 1. The minimum absolute atomic E-state index is 0.307. The molecule has 1 unspecified atom stereocenters. The Balaban J connectivity index is 2.12. The molecule has 2 aromatic rings. The summed E-state index contributed by atoms with van der Waals surface area (Å²) in [5, 5.41) is 22.2. The van der Waals surface area contributed by atoms with Gasteiger partial charge >= 0.3 is 0 Å². The van der Waals surface area contributed by atoms with Crippen LogP contribution in [0.5, 0.6) is 0 Å². The summed E-state index contributed by atoms with van der Waals surface area (Å²) in [6, 6.07) is 0. The molecule has 0 radical (unpaired) electrons. The normalized spacial score (nSPS) is 13.2. The van der Waals surface area contributed by atoms with E-state index in [4.69, 9.17) is 5.11 Å². The molecule has 2 heterocycles. The molecule has 0 spiro atoms. The van der Waals surface area contributed by atoms with Crippen molar-refractivity contribution in [3.63, 3.8) is 0 Å². The van der Waals surface area contributed by atoms with Gasteiger partial charge in [-0.25, -0.2) is 8.78 Å². The third-order valence-electron chi connectivity index (χ3n) is 1.89. The predicted molar refractivity (Wildman–Crippen MR) is 49.1 cm³/mol. The maximum atomic E-state index is 12.0. The van der Waals surface area contributed by atoms with Gasteiger partial charge in [-0.05, 0) is 10.4 Å². The van der Waals surface area contributed by atoms with Crippen LogP contribution in [0.4, 0.5) is 14.6 Å². The van der Waals surface area contributed by atoms with Gasteiger partial charge in [0.15, 0.2) is 11.5 Å². The maximum Gasteiger partial charge on any atom is 0.265 e. The SMILES string of the molecule is OC(CNc1cncc2nnnn12)C(F)F. The molecule has 0 aliphatic carbocycles. The highest BCUT2D eigenvalue weighted by Crippen LogP contribution is 2.07. The average molecular weight is 230 g/mol. The zero-order valence-electron chi connectivity index (χ0n) is 7.96. The summed E-state index contributed by atoms with van der Waals surface area (Å²) in [5.74, 6) is 0.335. The van der Waals surface area contributed by atoms with Crippen LogP contribution in [0.15, 0.2) is 12.4 Å². The minimum Gasteiger partial charge on any atom is -0.385 e. The number of tetrazole rings is 1. The van der Waals surface area contributed by atoms with Gasteiger partial charge in [0.2, 0.25) is 0 Å². The van der Waals surface area contributed by atoms with Gasteiger partial charge in [0.1, 0.15) is 6.10 Å². The third-order valence-corrected chi connectivity index (χ3v) is 1.89. The summed E-state index contributed by atoms with van der Waals surface area (Å²) in [6.07, 6.45) is -1.74. The number of aliphatic hydroxyl groups excluding tert-OH is 1. The van der Waals surface area contributed by atoms with E-state index in [9.17, 15) is 8.78 Å². The lowest BCUT2D eigenvalue weighted by Crippen LogP contribution is -2.27. The van der Waals surface area contributed by atoms with E-state index < -0.39 is 12.5 Å². The van der Waals surface area contributed by atoms with Crippen molar-refractivity contribution >= 4 is 11.5 Å². The van der Waals surface area contributed by atoms with E-state index in [1.54, 1.807) is 0 Å². The highest BCUT2D eigenvalue weighted by molar-refractivity contribution is 5.43. The minimum atomic E-state index is -2.80. The number of hydrogen-bond donors (Lipinski definition) is 2. The van der Waals surface area contributed by atoms with E-state index in [1.165, 1.54) is 16.9 Å². The lowest BCUT2D eigenvalue weighted by Gasteiger charge is -2.11. The van der Waals surface area contributed by atoms with Gasteiger partial charge in [0.25, 0.3) is 6.43 Å². The Hall–Kier alpha value is -1.90. The molecule has 9 heteroatoms. The molecule has 2 aromatic heterocycles. The van der Waals surface area contributed by atoms with Crippen molar-refractivity contribution in [2.45, 2.75) is 12.5 Å². The molecule has 2 N–H and O–H groups in total. The van der Waals surface area contributed by atoms with Gasteiger partial charge in [0.05, 0.1) is 12.4 Å². The van der Waals surface area contributed by atoms with Gasteiger partial charge < -0.3 is 10.4 Å². The Morgan fingerprint density at radius 1 is 1.44 bits per heavy atom. The second-order valence-corrected chi connectivity index (χ2v) is 3.02. The van der Waals surface area contributed by atoms with Crippen molar-refractivity contribution in [2.24, 2.45) is 0 Å². The van der Waals surface area contributed by atoms with Crippen LogP contribution in [0.3, 0.4) is 0 Å². The predicted octanol–water partition coefficient (Wildman–Crippen LogP) is -0.443. The van der Waals surface area contributed by atoms with E-state index in [-0.39, 0.29) is 6.54 Å². The van der Waals surface area contributed by atoms with E-state index >= 15 is 0 Å². The van der Waals surface area contributed by atoms with E-state index in [1.807, 2.05) is 0 Å². The summed E-state index contributed by atoms with van der Waals surface area (Å²) in [7, 11) is 0. The Kier molecular flexibility index (Phi) is 2.86.